The number of carbonyl (C=O) groups excluding carboxylic acids is 1. The van der Waals surface area contributed by atoms with Crippen LogP contribution in [0.25, 0.3) is 0 Å². The van der Waals surface area contributed by atoms with Gasteiger partial charge in [-0.25, -0.2) is 5.01 Å². The zero-order chi connectivity index (χ0) is 18.4. The molecule has 2 aromatic rings. The molecule has 0 radical (unpaired) electrons. The predicted molar refractivity (Wildman–Crippen MR) is 100 cm³/mol. The number of benzene rings is 2. The summed E-state index contributed by atoms with van der Waals surface area (Å²) < 4.78 is 17.3. The molecule has 134 valence electrons. The van der Waals surface area contributed by atoms with Crippen molar-refractivity contribution in [2.75, 3.05) is 21.3 Å². The number of nitrogens with zero attached hydrogens (tertiary/aromatic N) is 2. The van der Waals surface area contributed by atoms with E-state index in [1.807, 2.05) is 30.3 Å². The fourth-order valence-electron chi connectivity index (χ4n) is 3.53. The highest BCUT2D eigenvalue weighted by molar-refractivity contribution is 9.10. The van der Waals surface area contributed by atoms with Crippen LogP contribution < -0.4 is 14.2 Å². The minimum absolute atomic E-state index is 0.162. The van der Waals surface area contributed by atoms with Crippen LogP contribution in [-0.4, -0.2) is 38.0 Å². The van der Waals surface area contributed by atoms with E-state index < -0.39 is 0 Å². The smallest absolute Gasteiger partial charge is 0.278 e. The van der Waals surface area contributed by atoms with E-state index in [1.165, 1.54) is 19.2 Å². The molecular formula is C19H17BrN2O4. The SMILES string of the molecule is COc1cc2c(c(OC)c1OC)C(=O)N1N=C(c3ccc(Br)cc3)CC21. The Labute approximate surface area is 159 Å². The van der Waals surface area contributed by atoms with Crippen molar-refractivity contribution in [3.05, 3.63) is 51.5 Å². The molecule has 6 nitrogen and oxygen atoms in total. The molecule has 2 heterocycles. The molecule has 0 saturated carbocycles. The minimum Gasteiger partial charge on any atom is -0.493 e. The topological polar surface area (TPSA) is 60.4 Å². The molecule has 0 aromatic heterocycles. The second-order valence-corrected chi connectivity index (χ2v) is 6.95. The molecule has 4 rings (SSSR count). The standard InChI is InChI=1S/C19H17BrN2O4/c1-24-15-8-12-14-9-13(10-4-6-11(20)7-5-10)21-22(14)19(23)16(12)18(26-3)17(15)25-2/h4-8,14H,9H2,1-3H3. The lowest BCUT2D eigenvalue weighted by atomic mass is 9.97. The van der Waals surface area contributed by atoms with Crippen LogP contribution in [0.15, 0.2) is 39.9 Å². The Kier molecular flexibility index (Phi) is 4.11. The number of carbonyl (C=O) groups is 1. The summed E-state index contributed by atoms with van der Waals surface area (Å²) in [6.07, 6.45) is 0.638. The molecule has 0 N–H and O–H groups in total. The Balaban J connectivity index is 1.79. The van der Waals surface area contributed by atoms with Gasteiger partial charge in [-0.15, -0.1) is 0 Å². The van der Waals surface area contributed by atoms with Gasteiger partial charge in [-0.1, -0.05) is 28.1 Å². The average molecular weight is 417 g/mol. The summed E-state index contributed by atoms with van der Waals surface area (Å²) in [6, 6.07) is 9.60. The molecule has 7 heteroatoms. The van der Waals surface area contributed by atoms with Gasteiger partial charge in [-0.05, 0) is 29.3 Å². The first-order valence-electron chi connectivity index (χ1n) is 8.08. The van der Waals surface area contributed by atoms with Crippen LogP contribution in [0.5, 0.6) is 17.2 Å². The van der Waals surface area contributed by atoms with Gasteiger partial charge in [0.2, 0.25) is 5.75 Å². The number of fused-ring (bicyclic) bond motifs is 3. The molecule has 2 aliphatic heterocycles. The van der Waals surface area contributed by atoms with Gasteiger partial charge in [-0.3, -0.25) is 4.79 Å². The minimum atomic E-state index is -0.185. The molecule has 1 amide bonds. The van der Waals surface area contributed by atoms with E-state index in [1.54, 1.807) is 7.11 Å². The maximum atomic E-state index is 13.0. The molecule has 2 aromatic carbocycles. The quantitative estimate of drug-likeness (QED) is 0.760. The van der Waals surface area contributed by atoms with Gasteiger partial charge >= 0.3 is 0 Å². The second kappa shape index (κ2) is 6.32. The Morgan fingerprint density at radius 2 is 1.77 bits per heavy atom. The van der Waals surface area contributed by atoms with Crippen molar-refractivity contribution in [3.63, 3.8) is 0 Å². The van der Waals surface area contributed by atoms with Gasteiger partial charge in [0.25, 0.3) is 5.91 Å². The summed E-state index contributed by atoms with van der Waals surface area (Å²) in [7, 11) is 4.61. The largest absolute Gasteiger partial charge is 0.493 e. The highest BCUT2D eigenvalue weighted by Gasteiger charge is 2.45. The third kappa shape index (κ3) is 2.38. The number of hydrogen-bond donors (Lipinski definition) is 0. The van der Waals surface area contributed by atoms with Gasteiger partial charge < -0.3 is 14.2 Å². The molecule has 2 aliphatic rings. The van der Waals surface area contributed by atoms with E-state index in [0.29, 0.717) is 29.2 Å². The van der Waals surface area contributed by atoms with E-state index in [-0.39, 0.29) is 11.9 Å². The Bertz CT molecular complexity index is 924. The van der Waals surface area contributed by atoms with Crippen LogP contribution in [0.3, 0.4) is 0 Å². The number of hydrogen-bond acceptors (Lipinski definition) is 5. The Morgan fingerprint density at radius 3 is 2.38 bits per heavy atom. The zero-order valence-electron chi connectivity index (χ0n) is 14.6. The first-order chi connectivity index (χ1) is 12.6. The maximum absolute atomic E-state index is 13.0. The Hall–Kier alpha value is -2.54. The van der Waals surface area contributed by atoms with E-state index >= 15 is 0 Å². The monoisotopic (exact) mass is 416 g/mol. The van der Waals surface area contributed by atoms with Crippen LogP contribution in [0, 0.1) is 0 Å². The molecule has 0 bridgehead atoms. The summed E-state index contributed by atoms with van der Waals surface area (Å²) in [6.45, 7) is 0. The third-order valence-electron chi connectivity index (χ3n) is 4.73. The van der Waals surface area contributed by atoms with E-state index in [4.69, 9.17) is 14.2 Å². The third-order valence-corrected chi connectivity index (χ3v) is 5.26. The molecule has 1 atom stereocenters. The van der Waals surface area contributed by atoms with Crippen molar-refractivity contribution in [3.8, 4) is 17.2 Å². The summed E-state index contributed by atoms with van der Waals surface area (Å²) in [5, 5.41) is 6.11. The van der Waals surface area contributed by atoms with Crippen LogP contribution in [-0.2, 0) is 0 Å². The fourth-order valence-corrected chi connectivity index (χ4v) is 3.79. The van der Waals surface area contributed by atoms with Gasteiger partial charge in [-0.2, -0.15) is 5.10 Å². The number of halogens is 1. The Morgan fingerprint density at radius 1 is 1.08 bits per heavy atom. The van der Waals surface area contributed by atoms with Crippen LogP contribution in [0.2, 0.25) is 0 Å². The van der Waals surface area contributed by atoms with E-state index in [2.05, 4.69) is 21.0 Å². The first-order valence-corrected chi connectivity index (χ1v) is 8.88. The number of amides is 1. The molecule has 0 aliphatic carbocycles. The van der Waals surface area contributed by atoms with Gasteiger partial charge in [0.05, 0.1) is 38.6 Å². The van der Waals surface area contributed by atoms with Crippen molar-refractivity contribution in [2.24, 2.45) is 5.10 Å². The van der Waals surface area contributed by atoms with E-state index in [0.717, 1.165) is 21.3 Å². The lowest BCUT2D eigenvalue weighted by Gasteiger charge is -2.16. The highest BCUT2D eigenvalue weighted by Crippen LogP contribution is 2.51. The highest BCUT2D eigenvalue weighted by atomic mass is 79.9. The van der Waals surface area contributed by atoms with Crippen molar-refractivity contribution < 1.29 is 19.0 Å². The number of hydrazone groups is 1. The van der Waals surface area contributed by atoms with Gasteiger partial charge in [0.1, 0.15) is 0 Å². The second-order valence-electron chi connectivity index (χ2n) is 6.03. The van der Waals surface area contributed by atoms with Crippen molar-refractivity contribution >= 4 is 27.5 Å². The fraction of sp³-hybridized carbons (Fsp3) is 0.263. The predicted octanol–water partition coefficient (Wildman–Crippen LogP) is 3.78. The molecule has 0 spiro atoms. The average Bonchev–Trinajstić information content (AvgIpc) is 3.20. The van der Waals surface area contributed by atoms with Crippen molar-refractivity contribution in [1.29, 1.82) is 0 Å². The van der Waals surface area contributed by atoms with Crippen molar-refractivity contribution in [2.45, 2.75) is 12.5 Å². The molecule has 0 saturated heterocycles. The summed E-state index contributed by atoms with van der Waals surface area (Å²) in [5.41, 5.74) is 3.23. The van der Waals surface area contributed by atoms with Crippen LogP contribution in [0.4, 0.5) is 0 Å². The summed E-state index contributed by atoms with van der Waals surface area (Å²) in [5.74, 6) is 1.16. The normalized spacial score (nSPS) is 17.7. The van der Waals surface area contributed by atoms with Crippen molar-refractivity contribution in [1.82, 2.24) is 5.01 Å². The molecule has 1 unspecified atom stereocenters. The number of methoxy groups -OCH3 is 3. The van der Waals surface area contributed by atoms with Crippen LogP contribution in [0.1, 0.15) is 33.9 Å². The lowest BCUT2D eigenvalue weighted by Crippen LogP contribution is -2.18. The lowest BCUT2D eigenvalue weighted by molar-refractivity contribution is 0.0753. The maximum Gasteiger partial charge on any atom is 0.278 e. The molecule has 26 heavy (non-hydrogen) atoms. The number of rotatable bonds is 4. The summed E-state index contributed by atoms with van der Waals surface area (Å²) in [4.78, 5) is 13.0. The summed E-state index contributed by atoms with van der Waals surface area (Å²) >= 11 is 3.43. The van der Waals surface area contributed by atoms with Gasteiger partial charge in [0.15, 0.2) is 11.5 Å². The molecule has 0 fully saturated rings. The van der Waals surface area contributed by atoms with Gasteiger partial charge in [0, 0.05) is 10.9 Å². The molecular weight excluding hydrogens is 400 g/mol. The zero-order valence-corrected chi connectivity index (χ0v) is 16.2. The number of ether oxygens (including phenoxy) is 3. The first kappa shape index (κ1) is 16.9. The van der Waals surface area contributed by atoms with E-state index in [9.17, 15) is 4.79 Å². The van der Waals surface area contributed by atoms with Crippen LogP contribution >= 0.6 is 15.9 Å².